The van der Waals surface area contributed by atoms with Gasteiger partial charge in [0.15, 0.2) is 0 Å². The third-order valence-corrected chi connectivity index (χ3v) is 5.45. The summed E-state index contributed by atoms with van der Waals surface area (Å²) in [7, 11) is 1.00. The van der Waals surface area contributed by atoms with E-state index >= 15 is 0 Å². The van der Waals surface area contributed by atoms with Crippen molar-refractivity contribution in [1.82, 2.24) is 15.5 Å². The molecule has 1 unspecified atom stereocenters. The summed E-state index contributed by atoms with van der Waals surface area (Å²) < 4.78 is 11.4. The van der Waals surface area contributed by atoms with Crippen LogP contribution in [-0.4, -0.2) is 46.7 Å². The highest BCUT2D eigenvalue weighted by Gasteiger charge is 2.26. The molecule has 0 saturated carbocycles. The van der Waals surface area contributed by atoms with Crippen molar-refractivity contribution in [3.05, 3.63) is 53.1 Å². The van der Waals surface area contributed by atoms with Crippen LogP contribution in [0.2, 0.25) is 0 Å². The topological polar surface area (TPSA) is 101 Å². The molecule has 1 atom stereocenters. The Kier molecular flexibility index (Phi) is 11.2. The minimum atomic E-state index is 0.131. The third-order valence-electron chi connectivity index (χ3n) is 5.45. The van der Waals surface area contributed by atoms with E-state index in [1.807, 2.05) is 52.8 Å². The third kappa shape index (κ3) is 6.65. The van der Waals surface area contributed by atoms with Crippen LogP contribution in [0.4, 0.5) is 0 Å². The zero-order chi connectivity index (χ0) is 25.1. The normalized spacial score (nSPS) is 14.1. The molecule has 186 valence electrons. The number of fused-ring (bicyclic) bond motifs is 1. The van der Waals surface area contributed by atoms with Crippen molar-refractivity contribution in [3.8, 4) is 28.6 Å². The van der Waals surface area contributed by atoms with Gasteiger partial charge in [-0.05, 0) is 81.5 Å². The Labute approximate surface area is 203 Å². The number of nitrogens with zero attached hydrogens (tertiary/aromatic N) is 2. The zero-order valence-electron chi connectivity index (χ0n) is 21.3. The maximum atomic E-state index is 9.02. The molecular formula is C27H39N3O4. The molecule has 0 fully saturated rings. The van der Waals surface area contributed by atoms with Gasteiger partial charge >= 0.3 is 0 Å². The summed E-state index contributed by atoms with van der Waals surface area (Å²) in [5, 5.41) is 23.8. The summed E-state index contributed by atoms with van der Waals surface area (Å²) in [6.07, 6.45) is 2.91. The van der Waals surface area contributed by atoms with E-state index in [1.54, 1.807) is 0 Å². The highest BCUT2D eigenvalue weighted by atomic mass is 16.5. The molecule has 1 aromatic heterocycles. The van der Waals surface area contributed by atoms with Crippen molar-refractivity contribution in [3.63, 3.8) is 0 Å². The lowest BCUT2D eigenvalue weighted by atomic mass is 10.0. The van der Waals surface area contributed by atoms with Crippen LogP contribution in [-0.2, 0) is 6.42 Å². The molecule has 0 bridgehead atoms. The van der Waals surface area contributed by atoms with Crippen LogP contribution in [0, 0.1) is 6.92 Å². The largest absolute Gasteiger partial charge is 0.491 e. The lowest BCUT2D eigenvalue weighted by Crippen LogP contribution is -2.21. The van der Waals surface area contributed by atoms with Crippen molar-refractivity contribution < 1.29 is 19.5 Å². The Bertz CT molecular complexity index is 1020. The minimum Gasteiger partial charge on any atom is -0.491 e. The van der Waals surface area contributed by atoms with Crippen LogP contribution >= 0.6 is 0 Å². The van der Waals surface area contributed by atoms with E-state index in [4.69, 9.17) is 19.5 Å². The summed E-state index contributed by atoms with van der Waals surface area (Å²) in [6.45, 7) is 11.1. The monoisotopic (exact) mass is 469 g/mol. The van der Waals surface area contributed by atoms with Gasteiger partial charge < -0.3 is 24.8 Å². The van der Waals surface area contributed by atoms with Gasteiger partial charge in [0.1, 0.15) is 5.75 Å². The Hall–Kier alpha value is -2.74. The Morgan fingerprint density at radius 2 is 1.94 bits per heavy atom. The fourth-order valence-electron chi connectivity index (χ4n) is 4.05. The van der Waals surface area contributed by atoms with E-state index in [-0.39, 0.29) is 12.7 Å². The number of aliphatic hydroxyl groups excluding tert-OH is 2. The van der Waals surface area contributed by atoms with Crippen LogP contribution in [0.1, 0.15) is 63.3 Å². The highest BCUT2D eigenvalue weighted by Crippen LogP contribution is 2.37. The molecule has 3 N–H and O–H groups in total. The van der Waals surface area contributed by atoms with Gasteiger partial charge in [0.25, 0.3) is 5.89 Å². The smallest absolute Gasteiger partial charge is 0.258 e. The van der Waals surface area contributed by atoms with E-state index in [1.165, 1.54) is 11.1 Å². The first-order valence-electron chi connectivity index (χ1n) is 12.1. The van der Waals surface area contributed by atoms with Crippen LogP contribution in [0.3, 0.4) is 0 Å². The number of hydrogen-bond acceptors (Lipinski definition) is 7. The lowest BCUT2D eigenvalue weighted by Gasteiger charge is -2.14. The van der Waals surface area contributed by atoms with Crippen molar-refractivity contribution in [1.29, 1.82) is 0 Å². The minimum absolute atomic E-state index is 0.131. The summed E-state index contributed by atoms with van der Waals surface area (Å²) in [4.78, 5) is 4.69. The molecule has 0 radical (unpaired) electrons. The molecule has 7 nitrogen and oxygen atoms in total. The van der Waals surface area contributed by atoms with Crippen LogP contribution < -0.4 is 10.1 Å². The first-order valence-corrected chi connectivity index (χ1v) is 12.1. The van der Waals surface area contributed by atoms with E-state index < -0.39 is 0 Å². The lowest BCUT2D eigenvalue weighted by molar-refractivity contribution is 0.241. The Morgan fingerprint density at radius 3 is 2.62 bits per heavy atom. The van der Waals surface area contributed by atoms with E-state index in [2.05, 4.69) is 33.7 Å². The van der Waals surface area contributed by atoms with Gasteiger partial charge in [-0.15, -0.1) is 0 Å². The molecular weight excluding hydrogens is 430 g/mol. The molecule has 0 spiro atoms. The first-order chi connectivity index (χ1) is 16.6. The molecule has 3 aromatic rings. The molecule has 1 heterocycles. The summed E-state index contributed by atoms with van der Waals surface area (Å²) in [6, 6.07) is 12.5. The van der Waals surface area contributed by atoms with Gasteiger partial charge in [-0.3, -0.25) is 0 Å². The van der Waals surface area contributed by atoms with Crippen molar-refractivity contribution >= 4 is 0 Å². The van der Waals surface area contributed by atoms with E-state index in [0.717, 1.165) is 55.4 Å². The van der Waals surface area contributed by atoms with Crippen LogP contribution in [0.15, 0.2) is 40.9 Å². The zero-order valence-corrected chi connectivity index (χ0v) is 21.3. The van der Waals surface area contributed by atoms with Crippen molar-refractivity contribution in [2.24, 2.45) is 0 Å². The number of rotatable bonds is 8. The molecule has 0 aliphatic heterocycles. The number of aryl methyl sites for hydroxylation is 1. The van der Waals surface area contributed by atoms with Gasteiger partial charge in [0.05, 0.1) is 6.10 Å². The molecule has 1 aliphatic carbocycles. The summed E-state index contributed by atoms with van der Waals surface area (Å²) in [5.41, 5.74) is 5.54. The van der Waals surface area contributed by atoms with Crippen LogP contribution in [0.5, 0.6) is 5.75 Å². The summed E-state index contributed by atoms with van der Waals surface area (Å²) in [5.74, 6) is 2.00. The predicted octanol–water partition coefficient (Wildman–Crippen LogP) is 5.09. The average Bonchev–Trinajstić information content (AvgIpc) is 3.51. The fraction of sp³-hybridized carbons (Fsp3) is 0.481. The Morgan fingerprint density at radius 1 is 1.18 bits per heavy atom. The number of aliphatic hydroxyl groups is 2. The molecule has 7 heteroatoms. The number of hydrogen-bond donors (Lipinski definition) is 3. The van der Waals surface area contributed by atoms with Crippen molar-refractivity contribution in [2.45, 2.75) is 66.0 Å². The number of ether oxygens (including phenoxy) is 1. The number of nitrogens with one attached hydrogen (secondary N) is 1. The summed E-state index contributed by atoms with van der Waals surface area (Å²) >= 11 is 0. The number of benzene rings is 2. The standard InChI is InChI=1S/C24H29N3O3.C2H6.CH4O/c1-15(2)29-22-11-8-17(14-16(22)3)24-26-23(27-30-24)20-7-4-6-19-18(20)9-10-21(19)25-12-5-13-28;2*1-2/h4,6-8,11,14-15,21,25,28H,5,9-10,12-13H2,1-3H3;1-2H3;2H,1H3. The second-order valence-corrected chi connectivity index (χ2v) is 8.07. The van der Waals surface area contributed by atoms with Gasteiger partial charge in [0.2, 0.25) is 5.82 Å². The molecule has 0 amide bonds. The quantitative estimate of drug-likeness (QED) is 0.395. The van der Waals surface area contributed by atoms with Gasteiger partial charge in [-0.1, -0.05) is 37.2 Å². The Balaban J connectivity index is 0.000000970. The van der Waals surface area contributed by atoms with Gasteiger partial charge in [-0.2, -0.15) is 4.98 Å². The SMILES string of the molecule is CC.CO.Cc1cc(-c2nc(-c3cccc4c3CCC4NCCCO)no2)ccc1OC(C)C. The maximum absolute atomic E-state index is 9.02. The number of aromatic nitrogens is 2. The highest BCUT2D eigenvalue weighted by molar-refractivity contribution is 5.66. The maximum Gasteiger partial charge on any atom is 0.258 e. The molecule has 2 aromatic carbocycles. The van der Waals surface area contributed by atoms with Crippen molar-refractivity contribution in [2.75, 3.05) is 20.3 Å². The van der Waals surface area contributed by atoms with Gasteiger partial charge in [0, 0.05) is 30.9 Å². The van der Waals surface area contributed by atoms with E-state index in [9.17, 15) is 0 Å². The average molecular weight is 470 g/mol. The molecule has 1 aliphatic rings. The second kappa shape index (κ2) is 13.8. The molecule has 34 heavy (non-hydrogen) atoms. The predicted molar refractivity (Wildman–Crippen MR) is 136 cm³/mol. The molecule has 4 rings (SSSR count). The fourth-order valence-corrected chi connectivity index (χ4v) is 4.05. The molecule has 0 saturated heterocycles. The second-order valence-electron chi connectivity index (χ2n) is 8.07. The first kappa shape index (κ1) is 27.5. The van der Waals surface area contributed by atoms with Crippen LogP contribution in [0.25, 0.3) is 22.8 Å². The van der Waals surface area contributed by atoms with E-state index in [0.29, 0.717) is 17.8 Å². The van der Waals surface area contributed by atoms with Gasteiger partial charge in [-0.25, -0.2) is 0 Å².